The minimum atomic E-state index is -1.16. The molecule has 4 atom stereocenters. The fourth-order valence-corrected chi connectivity index (χ4v) is 2.47. The van der Waals surface area contributed by atoms with Gasteiger partial charge in [-0.3, -0.25) is 14.4 Å². The summed E-state index contributed by atoms with van der Waals surface area (Å²) in [6.45, 7) is 3.43. The smallest absolute Gasteiger partial charge is 0.303 e. The Morgan fingerprint density at radius 3 is 2.00 bits per heavy atom. The van der Waals surface area contributed by atoms with Crippen LogP contribution in [0.2, 0.25) is 0 Å². The summed E-state index contributed by atoms with van der Waals surface area (Å²) in [5.41, 5.74) is 0. The summed E-state index contributed by atoms with van der Waals surface area (Å²) in [6.07, 6.45) is -4.33. The SMILES string of the molecule is CC(=O)O[C@@H]1[C@@H](OC(C)=O)[C@H](Oc2ccc(O)cc2)OC[C@H]1OC(C)=O. The molecule has 1 fully saturated rings. The Balaban J connectivity index is 2.25. The monoisotopic (exact) mass is 368 g/mol. The zero-order chi connectivity index (χ0) is 19.3. The molecule has 142 valence electrons. The number of esters is 3. The molecule has 0 aliphatic carbocycles. The molecule has 0 aromatic heterocycles. The first-order chi connectivity index (χ1) is 12.3. The number of carbonyl (C=O) groups excluding carboxylic acids is 3. The van der Waals surface area contributed by atoms with Crippen molar-refractivity contribution >= 4 is 17.9 Å². The molecule has 9 nitrogen and oxygen atoms in total. The highest BCUT2D eigenvalue weighted by atomic mass is 16.7. The largest absolute Gasteiger partial charge is 0.508 e. The third-order valence-electron chi connectivity index (χ3n) is 3.39. The van der Waals surface area contributed by atoms with Crippen LogP contribution in [0.15, 0.2) is 24.3 Å². The van der Waals surface area contributed by atoms with Crippen molar-refractivity contribution in [3.63, 3.8) is 0 Å². The van der Waals surface area contributed by atoms with Gasteiger partial charge in [-0.2, -0.15) is 0 Å². The van der Waals surface area contributed by atoms with Gasteiger partial charge in [0.1, 0.15) is 11.5 Å². The molecule has 2 rings (SSSR count). The lowest BCUT2D eigenvalue weighted by Gasteiger charge is -2.40. The quantitative estimate of drug-likeness (QED) is 0.598. The molecule has 1 aliphatic heterocycles. The number of carbonyl (C=O) groups is 3. The Bertz CT molecular complexity index is 655. The van der Waals surface area contributed by atoms with Gasteiger partial charge in [0.15, 0.2) is 12.2 Å². The Labute approximate surface area is 149 Å². The van der Waals surface area contributed by atoms with Crippen molar-refractivity contribution in [3.8, 4) is 11.5 Å². The first-order valence-electron chi connectivity index (χ1n) is 7.85. The topological polar surface area (TPSA) is 118 Å². The molecule has 1 N–H and O–H groups in total. The second-order valence-corrected chi connectivity index (χ2v) is 5.61. The molecule has 1 aromatic rings. The van der Waals surface area contributed by atoms with E-state index >= 15 is 0 Å². The van der Waals surface area contributed by atoms with Gasteiger partial charge in [0.2, 0.25) is 12.4 Å². The van der Waals surface area contributed by atoms with Crippen molar-refractivity contribution in [2.24, 2.45) is 0 Å². The van der Waals surface area contributed by atoms with Crippen molar-refractivity contribution in [1.82, 2.24) is 0 Å². The maximum absolute atomic E-state index is 11.5. The van der Waals surface area contributed by atoms with Crippen LogP contribution >= 0.6 is 0 Å². The molecule has 1 saturated heterocycles. The van der Waals surface area contributed by atoms with Crippen LogP contribution in [0.3, 0.4) is 0 Å². The molecule has 0 amide bonds. The highest BCUT2D eigenvalue weighted by Crippen LogP contribution is 2.27. The summed E-state index contributed by atoms with van der Waals surface area (Å²) < 4.78 is 26.7. The lowest BCUT2D eigenvalue weighted by Crippen LogP contribution is -2.59. The Morgan fingerprint density at radius 1 is 0.923 bits per heavy atom. The molecule has 0 spiro atoms. The molecule has 0 bridgehead atoms. The van der Waals surface area contributed by atoms with E-state index in [1.807, 2.05) is 0 Å². The highest BCUT2D eigenvalue weighted by Gasteiger charge is 2.48. The summed E-state index contributed by atoms with van der Waals surface area (Å²) in [5.74, 6) is -1.52. The Kier molecular flexibility index (Phi) is 6.40. The molecular formula is C17H20O9. The standard InChI is InChI=1S/C17H20O9/c1-9(18)23-14-8-22-17(26-13-6-4-12(21)5-7-13)16(25-11(3)20)15(14)24-10(2)19/h4-7,14-17,21H,8H2,1-3H3/t14-,15+,16-,17+/m1/s1. The van der Waals surface area contributed by atoms with Crippen LogP contribution in [-0.4, -0.2) is 54.2 Å². The second-order valence-electron chi connectivity index (χ2n) is 5.61. The van der Waals surface area contributed by atoms with E-state index in [1.54, 1.807) is 0 Å². The number of benzene rings is 1. The van der Waals surface area contributed by atoms with Crippen LogP contribution in [0.4, 0.5) is 0 Å². The van der Waals surface area contributed by atoms with Crippen LogP contribution in [0.25, 0.3) is 0 Å². The van der Waals surface area contributed by atoms with Gasteiger partial charge in [-0.25, -0.2) is 0 Å². The van der Waals surface area contributed by atoms with E-state index in [1.165, 1.54) is 45.0 Å². The number of aromatic hydroxyl groups is 1. The van der Waals surface area contributed by atoms with Crippen LogP contribution in [-0.2, 0) is 33.3 Å². The van der Waals surface area contributed by atoms with Crippen LogP contribution in [0, 0.1) is 0 Å². The van der Waals surface area contributed by atoms with Crippen molar-refractivity contribution in [3.05, 3.63) is 24.3 Å². The van der Waals surface area contributed by atoms with E-state index in [9.17, 15) is 19.5 Å². The molecule has 1 aliphatic rings. The van der Waals surface area contributed by atoms with Crippen LogP contribution < -0.4 is 4.74 Å². The van der Waals surface area contributed by atoms with Crippen molar-refractivity contribution in [1.29, 1.82) is 0 Å². The maximum Gasteiger partial charge on any atom is 0.303 e. The van der Waals surface area contributed by atoms with Gasteiger partial charge >= 0.3 is 17.9 Å². The van der Waals surface area contributed by atoms with Crippen molar-refractivity contribution in [2.75, 3.05) is 6.61 Å². The van der Waals surface area contributed by atoms with Crippen molar-refractivity contribution < 1.29 is 43.2 Å². The van der Waals surface area contributed by atoms with E-state index in [4.69, 9.17) is 23.7 Å². The third-order valence-corrected chi connectivity index (χ3v) is 3.39. The fourth-order valence-electron chi connectivity index (χ4n) is 2.47. The summed E-state index contributed by atoms with van der Waals surface area (Å²) in [5, 5.41) is 9.33. The number of ether oxygens (including phenoxy) is 5. The zero-order valence-electron chi connectivity index (χ0n) is 14.5. The molecule has 1 aromatic carbocycles. The molecule has 0 unspecified atom stereocenters. The predicted octanol–water partition coefficient (Wildman–Crippen LogP) is 0.922. The fraction of sp³-hybridized carbons (Fsp3) is 0.471. The molecule has 0 saturated carbocycles. The van der Waals surface area contributed by atoms with Crippen molar-refractivity contribution in [2.45, 2.75) is 45.4 Å². The number of hydrogen-bond donors (Lipinski definition) is 1. The number of hydrogen-bond acceptors (Lipinski definition) is 9. The number of rotatable bonds is 5. The van der Waals surface area contributed by atoms with E-state index in [-0.39, 0.29) is 12.4 Å². The zero-order valence-corrected chi connectivity index (χ0v) is 14.5. The number of phenols is 1. The summed E-state index contributed by atoms with van der Waals surface area (Å²) in [6, 6.07) is 5.79. The van der Waals surface area contributed by atoms with Crippen LogP contribution in [0.1, 0.15) is 20.8 Å². The Hall–Kier alpha value is -2.81. The molecule has 26 heavy (non-hydrogen) atoms. The maximum atomic E-state index is 11.5. The summed E-state index contributed by atoms with van der Waals surface area (Å²) >= 11 is 0. The van der Waals surface area contributed by atoms with E-state index in [0.717, 1.165) is 0 Å². The highest BCUT2D eigenvalue weighted by molar-refractivity contribution is 5.68. The molecule has 0 radical (unpaired) electrons. The minimum Gasteiger partial charge on any atom is -0.508 e. The molecule has 1 heterocycles. The van der Waals surface area contributed by atoms with Gasteiger partial charge in [-0.15, -0.1) is 0 Å². The summed E-state index contributed by atoms with van der Waals surface area (Å²) in [4.78, 5) is 34.3. The lowest BCUT2D eigenvalue weighted by atomic mass is 10.0. The van der Waals surface area contributed by atoms with Gasteiger partial charge in [0, 0.05) is 20.8 Å². The van der Waals surface area contributed by atoms with E-state index < -0.39 is 42.5 Å². The van der Waals surface area contributed by atoms with Gasteiger partial charge in [-0.1, -0.05) is 0 Å². The number of phenolic OH excluding ortho intramolecular Hbond substituents is 1. The normalized spacial score (nSPS) is 25.0. The van der Waals surface area contributed by atoms with E-state index in [2.05, 4.69) is 0 Å². The molecule has 9 heteroatoms. The minimum absolute atomic E-state index is 0.0474. The summed E-state index contributed by atoms with van der Waals surface area (Å²) in [7, 11) is 0. The average molecular weight is 368 g/mol. The predicted molar refractivity (Wildman–Crippen MR) is 85.1 cm³/mol. The first kappa shape index (κ1) is 19.5. The lowest BCUT2D eigenvalue weighted by molar-refractivity contribution is -0.259. The van der Waals surface area contributed by atoms with Gasteiger partial charge in [-0.05, 0) is 24.3 Å². The average Bonchev–Trinajstić information content (AvgIpc) is 2.53. The third kappa shape index (κ3) is 5.35. The second kappa shape index (κ2) is 8.52. The van der Waals surface area contributed by atoms with E-state index in [0.29, 0.717) is 5.75 Å². The van der Waals surface area contributed by atoms with Gasteiger partial charge in [0.05, 0.1) is 6.61 Å². The van der Waals surface area contributed by atoms with Crippen LogP contribution in [0.5, 0.6) is 11.5 Å². The van der Waals surface area contributed by atoms with Gasteiger partial charge < -0.3 is 28.8 Å². The first-order valence-corrected chi connectivity index (χ1v) is 7.85. The van der Waals surface area contributed by atoms with Gasteiger partial charge in [0.25, 0.3) is 0 Å². The molecular weight excluding hydrogens is 348 g/mol. The Morgan fingerprint density at radius 2 is 1.46 bits per heavy atom.